The Morgan fingerprint density at radius 1 is 1.20 bits per heavy atom. The molecule has 15 heavy (non-hydrogen) atoms. The van der Waals surface area contributed by atoms with Gasteiger partial charge >= 0.3 is 0 Å². The predicted octanol–water partition coefficient (Wildman–Crippen LogP) is 3.98. The van der Waals surface area contributed by atoms with Gasteiger partial charge in [-0.15, -0.1) is 0 Å². The van der Waals surface area contributed by atoms with Crippen LogP contribution in [0.3, 0.4) is 0 Å². The number of rotatable bonds is 9. The standard InChI is InChI=1S/C11H23NO.C2H6.H2/c1-4-13-10-8-6-5-7-9-12-11(2)3;1-2;/h12H,2,4-10H2,1,3H3;1-2H3;1H. The third-order valence-corrected chi connectivity index (χ3v) is 1.85. The van der Waals surface area contributed by atoms with Gasteiger partial charge in [0.15, 0.2) is 0 Å². The Labute approximate surface area is 97.6 Å². The van der Waals surface area contributed by atoms with Gasteiger partial charge in [0, 0.05) is 26.9 Å². The van der Waals surface area contributed by atoms with Gasteiger partial charge in [0.1, 0.15) is 0 Å². The molecule has 0 atom stereocenters. The van der Waals surface area contributed by atoms with E-state index in [-0.39, 0.29) is 1.43 Å². The van der Waals surface area contributed by atoms with E-state index in [1.165, 1.54) is 25.7 Å². The molecule has 0 fully saturated rings. The van der Waals surface area contributed by atoms with E-state index < -0.39 is 0 Å². The van der Waals surface area contributed by atoms with Crippen molar-refractivity contribution in [2.45, 2.75) is 53.4 Å². The van der Waals surface area contributed by atoms with Crippen LogP contribution in [-0.4, -0.2) is 19.8 Å². The highest BCUT2D eigenvalue weighted by atomic mass is 16.5. The van der Waals surface area contributed by atoms with Gasteiger partial charge in [-0.25, -0.2) is 0 Å². The van der Waals surface area contributed by atoms with Crippen molar-refractivity contribution in [1.82, 2.24) is 5.32 Å². The van der Waals surface area contributed by atoms with E-state index >= 15 is 0 Å². The number of allylic oxidation sites excluding steroid dienone is 1. The van der Waals surface area contributed by atoms with Crippen LogP contribution in [0.15, 0.2) is 12.3 Å². The third kappa shape index (κ3) is 19.8. The Kier molecular flexibility index (Phi) is 18.0. The van der Waals surface area contributed by atoms with Gasteiger partial charge < -0.3 is 10.1 Å². The number of hydrogen-bond acceptors (Lipinski definition) is 2. The molecule has 0 aromatic heterocycles. The Morgan fingerprint density at radius 3 is 2.33 bits per heavy atom. The fourth-order valence-corrected chi connectivity index (χ4v) is 1.13. The first-order valence-electron chi connectivity index (χ1n) is 6.24. The van der Waals surface area contributed by atoms with Gasteiger partial charge in [-0.1, -0.05) is 33.3 Å². The van der Waals surface area contributed by atoms with Crippen LogP contribution in [0.2, 0.25) is 0 Å². The van der Waals surface area contributed by atoms with Crippen LogP contribution < -0.4 is 5.32 Å². The molecular formula is C13H31NO. The van der Waals surface area contributed by atoms with Crippen molar-refractivity contribution in [2.24, 2.45) is 0 Å². The molecule has 0 saturated heterocycles. The lowest BCUT2D eigenvalue weighted by atomic mass is 10.2. The van der Waals surface area contributed by atoms with Crippen LogP contribution in [0.1, 0.15) is 54.8 Å². The average molecular weight is 217 g/mol. The largest absolute Gasteiger partial charge is 0.389 e. The van der Waals surface area contributed by atoms with Crippen molar-refractivity contribution < 1.29 is 6.16 Å². The van der Waals surface area contributed by atoms with Crippen LogP contribution >= 0.6 is 0 Å². The first-order valence-corrected chi connectivity index (χ1v) is 6.24. The Hall–Kier alpha value is -0.500. The molecule has 0 spiro atoms. The number of hydrogen-bond donors (Lipinski definition) is 1. The topological polar surface area (TPSA) is 21.3 Å². The van der Waals surface area contributed by atoms with Crippen LogP contribution in [0.5, 0.6) is 0 Å². The summed E-state index contributed by atoms with van der Waals surface area (Å²) >= 11 is 0. The minimum atomic E-state index is 0. The van der Waals surface area contributed by atoms with Gasteiger partial charge in [-0.3, -0.25) is 0 Å². The predicted molar refractivity (Wildman–Crippen MR) is 71.2 cm³/mol. The quantitative estimate of drug-likeness (QED) is 0.590. The summed E-state index contributed by atoms with van der Waals surface area (Å²) in [6.07, 6.45) is 4.99. The molecule has 0 aromatic rings. The Balaban J connectivity index is -0.000000529. The van der Waals surface area contributed by atoms with Crippen molar-refractivity contribution in [3.63, 3.8) is 0 Å². The molecule has 2 nitrogen and oxygen atoms in total. The van der Waals surface area contributed by atoms with Gasteiger partial charge in [0.05, 0.1) is 0 Å². The molecule has 0 unspecified atom stereocenters. The molecule has 0 saturated carbocycles. The van der Waals surface area contributed by atoms with Gasteiger partial charge in [0.2, 0.25) is 0 Å². The number of nitrogens with one attached hydrogen (secondary N) is 1. The summed E-state index contributed by atoms with van der Waals surface area (Å²) in [6.45, 7) is 14.6. The smallest absolute Gasteiger partial charge is 0.0465 e. The van der Waals surface area contributed by atoms with E-state index in [2.05, 4.69) is 11.9 Å². The summed E-state index contributed by atoms with van der Waals surface area (Å²) in [7, 11) is 0. The Bertz CT molecular complexity index is 129. The fraction of sp³-hybridized carbons (Fsp3) is 0.846. The minimum absolute atomic E-state index is 0. The van der Waals surface area contributed by atoms with E-state index in [1.54, 1.807) is 0 Å². The third-order valence-electron chi connectivity index (χ3n) is 1.85. The van der Waals surface area contributed by atoms with Crippen molar-refractivity contribution >= 4 is 0 Å². The van der Waals surface area contributed by atoms with E-state index in [1.807, 2.05) is 27.7 Å². The zero-order valence-electron chi connectivity index (χ0n) is 11.1. The van der Waals surface area contributed by atoms with E-state index in [4.69, 9.17) is 4.74 Å². The maximum absolute atomic E-state index is 5.25. The summed E-state index contributed by atoms with van der Waals surface area (Å²) in [5.41, 5.74) is 1.06. The highest BCUT2D eigenvalue weighted by molar-refractivity contribution is 4.83. The second kappa shape index (κ2) is 15.9. The first-order chi connectivity index (χ1) is 7.27. The molecule has 2 heteroatoms. The van der Waals surface area contributed by atoms with E-state index in [0.29, 0.717) is 0 Å². The second-order valence-corrected chi connectivity index (χ2v) is 3.32. The van der Waals surface area contributed by atoms with Gasteiger partial charge in [-0.05, 0) is 26.7 Å². The zero-order valence-corrected chi connectivity index (χ0v) is 11.1. The van der Waals surface area contributed by atoms with Crippen molar-refractivity contribution in [3.8, 4) is 0 Å². The van der Waals surface area contributed by atoms with Gasteiger partial charge in [-0.2, -0.15) is 0 Å². The molecule has 0 rings (SSSR count). The molecule has 0 heterocycles. The zero-order chi connectivity index (χ0) is 11.9. The minimum Gasteiger partial charge on any atom is -0.389 e. The van der Waals surface area contributed by atoms with Crippen molar-refractivity contribution in [3.05, 3.63) is 12.3 Å². The van der Waals surface area contributed by atoms with Crippen LogP contribution in [-0.2, 0) is 4.74 Å². The molecule has 0 amide bonds. The maximum Gasteiger partial charge on any atom is 0.0465 e. The molecule has 0 aliphatic rings. The summed E-state index contributed by atoms with van der Waals surface area (Å²) in [4.78, 5) is 0. The lowest BCUT2D eigenvalue weighted by molar-refractivity contribution is 0.143. The number of unbranched alkanes of at least 4 members (excludes halogenated alkanes) is 3. The maximum atomic E-state index is 5.25. The average Bonchev–Trinajstić information content (AvgIpc) is 2.24. The summed E-state index contributed by atoms with van der Waals surface area (Å²) in [5, 5.41) is 3.22. The molecular weight excluding hydrogens is 186 g/mol. The highest BCUT2D eigenvalue weighted by Gasteiger charge is 1.90. The van der Waals surface area contributed by atoms with E-state index in [9.17, 15) is 0 Å². The highest BCUT2D eigenvalue weighted by Crippen LogP contribution is 1.99. The summed E-state index contributed by atoms with van der Waals surface area (Å²) in [5.74, 6) is 0. The van der Waals surface area contributed by atoms with Crippen molar-refractivity contribution in [2.75, 3.05) is 19.8 Å². The monoisotopic (exact) mass is 217 g/mol. The number of ether oxygens (including phenoxy) is 1. The van der Waals surface area contributed by atoms with Crippen LogP contribution in [0.25, 0.3) is 0 Å². The lowest BCUT2D eigenvalue weighted by Gasteiger charge is -2.04. The molecule has 0 radical (unpaired) electrons. The molecule has 0 bridgehead atoms. The lowest BCUT2D eigenvalue weighted by Crippen LogP contribution is -2.11. The summed E-state index contributed by atoms with van der Waals surface area (Å²) < 4.78 is 5.25. The first kappa shape index (κ1) is 16.9. The molecule has 94 valence electrons. The van der Waals surface area contributed by atoms with E-state index in [0.717, 1.165) is 25.5 Å². The molecule has 1 N–H and O–H groups in total. The Morgan fingerprint density at radius 2 is 1.80 bits per heavy atom. The van der Waals surface area contributed by atoms with Crippen LogP contribution in [0.4, 0.5) is 0 Å². The molecule has 0 aliphatic heterocycles. The normalized spacial score (nSPS) is 9.07. The van der Waals surface area contributed by atoms with Crippen LogP contribution in [0, 0.1) is 0 Å². The molecule has 0 aromatic carbocycles. The van der Waals surface area contributed by atoms with Gasteiger partial charge in [0.25, 0.3) is 0 Å². The second-order valence-electron chi connectivity index (χ2n) is 3.32. The molecule has 0 aliphatic carbocycles. The van der Waals surface area contributed by atoms with Crippen molar-refractivity contribution in [1.29, 1.82) is 0 Å². The summed E-state index contributed by atoms with van der Waals surface area (Å²) in [6, 6.07) is 0. The fourth-order valence-electron chi connectivity index (χ4n) is 1.13. The SMILES string of the molecule is C=C(C)NCCCCCCOCC.CC.[HH].